The summed E-state index contributed by atoms with van der Waals surface area (Å²) in [7, 11) is 3.07. The number of aryl methyl sites for hydroxylation is 1. The maximum atomic E-state index is 12.5. The van der Waals surface area contributed by atoms with E-state index < -0.39 is 5.60 Å². The van der Waals surface area contributed by atoms with Crippen LogP contribution in [0.3, 0.4) is 0 Å². The lowest BCUT2D eigenvalue weighted by atomic mass is 9.99. The molecule has 2 rings (SSSR count). The Kier molecular flexibility index (Phi) is 5.15. The Balaban J connectivity index is 2.17. The van der Waals surface area contributed by atoms with E-state index in [0.29, 0.717) is 18.9 Å². The minimum absolute atomic E-state index is 0.113. The number of carbonyl (C=O) groups excluding carboxylic acids is 2. The van der Waals surface area contributed by atoms with E-state index in [2.05, 4.69) is 10.5 Å². The topological polar surface area (TPSA) is 93.9 Å². The van der Waals surface area contributed by atoms with Gasteiger partial charge in [0.2, 0.25) is 5.91 Å². The summed E-state index contributed by atoms with van der Waals surface area (Å²) in [6.45, 7) is 3.01. The largest absolute Gasteiger partial charge is 0.377 e. The molecule has 1 fully saturated rings. The Morgan fingerprint density at radius 1 is 1.55 bits per heavy atom. The zero-order valence-corrected chi connectivity index (χ0v) is 13.0. The number of nitrogens with zero attached hydrogens (tertiary/aromatic N) is 2. The maximum absolute atomic E-state index is 12.5. The summed E-state index contributed by atoms with van der Waals surface area (Å²) < 4.78 is 16.0. The van der Waals surface area contributed by atoms with E-state index in [9.17, 15) is 9.59 Å². The molecule has 1 aliphatic rings. The first kappa shape index (κ1) is 16.4. The molecule has 22 heavy (non-hydrogen) atoms. The first-order valence-corrected chi connectivity index (χ1v) is 7.06. The van der Waals surface area contributed by atoms with Crippen LogP contribution < -0.4 is 5.32 Å². The Morgan fingerprint density at radius 2 is 2.32 bits per heavy atom. The molecule has 8 heteroatoms. The minimum Gasteiger partial charge on any atom is -0.377 e. The average molecular weight is 311 g/mol. The molecule has 0 saturated carbocycles. The normalized spacial score (nSPS) is 22.2. The summed E-state index contributed by atoms with van der Waals surface area (Å²) in [4.78, 5) is 25.8. The fourth-order valence-corrected chi connectivity index (χ4v) is 2.39. The smallest absolute Gasteiger partial charge is 0.276 e. The van der Waals surface area contributed by atoms with E-state index in [1.807, 2.05) is 0 Å². The number of methoxy groups -OCH3 is 1. The van der Waals surface area contributed by atoms with Gasteiger partial charge in [-0.25, -0.2) is 0 Å². The van der Waals surface area contributed by atoms with E-state index in [0.717, 1.165) is 0 Å². The van der Waals surface area contributed by atoms with Crippen molar-refractivity contribution < 1.29 is 23.6 Å². The summed E-state index contributed by atoms with van der Waals surface area (Å²) in [5.74, 6) is 0.135. The van der Waals surface area contributed by atoms with Crippen molar-refractivity contribution in [1.82, 2.24) is 15.4 Å². The molecular formula is C14H21N3O5. The summed E-state index contributed by atoms with van der Waals surface area (Å²) in [5, 5.41) is 6.31. The van der Waals surface area contributed by atoms with Crippen LogP contribution in [0.1, 0.15) is 22.7 Å². The predicted octanol–water partition coefficient (Wildman–Crippen LogP) is -0.0233. The molecule has 122 valence electrons. The molecule has 0 aliphatic carbocycles. The summed E-state index contributed by atoms with van der Waals surface area (Å²) >= 11 is 0. The molecule has 1 aliphatic heterocycles. The van der Waals surface area contributed by atoms with Gasteiger partial charge < -0.3 is 24.2 Å². The molecule has 8 nitrogen and oxygen atoms in total. The Morgan fingerprint density at radius 3 is 2.91 bits per heavy atom. The molecular weight excluding hydrogens is 290 g/mol. The number of hydrogen-bond donors (Lipinski definition) is 1. The van der Waals surface area contributed by atoms with Gasteiger partial charge in [0.25, 0.3) is 5.91 Å². The number of rotatable bonds is 4. The highest BCUT2D eigenvalue weighted by molar-refractivity contribution is 5.92. The second-order valence-electron chi connectivity index (χ2n) is 5.34. The molecule has 1 N–H and O–H groups in total. The Hall–Kier alpha value is -1.93. The van der Waals surface area contributed by atoms with Crippen LogP contribution in [0.15, 0.2) is 10.6 Å². The third-order valence-electron chi connectivity index (χ3n) is 3.68. The molecule has 0 aromatic carbocycles. The minimum atomic E-state index is -0.870. The third kappa shape index (κ3) is 3.63. The lowest BCUT2D eigenvalue weighted by Gasteiger charge is -2.33. The van der Waals surface area contributed by atoms with Gasteiger partial charge in [-0.2, -0.15) is 0 Å². The van der Waals surface area contributed by atoms with Crippen LogP contribution in [0.2, 0.25) is 0 Å². The zero-order valence-electron chi connectivity index (χ0n) is 13.0. The number of ether oxygens (including phenoxy) is 2. The molecule has 1 unspecified atom stereocenters. The number of hydrogen-bond acceptors (Lipinski definition) is 6. The van der Waals surface area contributed by atoms with E-state index >= 15 is 0 Å². The van der Waals surface area contributed by atoms with Gasteiger partial charge in [-0.1, -0.05) is 5.16 Å². The van der Waals surface area contributed by atoms with Gasteiger partial charge in [-0.3, -0.25) is 9.59 Å². The van der Waals surface area contributed by atoms with Crippen molar-refractivity contribution in [3.05, 3.63) is 17.5 Å². The van der Waals surface area contributed by atoms with Crippen molar-refractivity contribution in [2.24, 2.45) is 0 Å². The molecule has 1 saturated heterocycles. The Labute approximate surface area is 128 Å². The van der Waals surface area contributed by atoms with E-state index in [-0.39, 0.29) is 37.1 Å². The molecule has 2 heterocycles. The third-order valence-corrected chi connectivity index (χ3v) is 3.68. The summed E-state index contributed by atoms with van der Waals surface area (Å²) in [6.07, 6.45) is 0.113. The molecule has 1 atom stereocenters. The highest BCUT2D eigenvalue weighted by atomic mass is 16.5. The van der Waals surface area contributed by atoms with E-state index in [1.165, 1.54) is 7.11 Å². The predicted molar refractivity (Wildman–Crippen MR) is 76.4 cm³/mol. The monoisotopic (exact) mass is 311 g/mol. The number of nitrogens with one attached hydrogen (secondary N) is 1. The van der Waals surface area contributed by atoms with Crippen LogP contribution in [0, 0.1) is 6.92 Å². The van der Waals surface area contributed by atoms with Crippen molar-refractivity contribution in [2.75, 3.05) is 40.5 Å². The Bertz CT molecular complexity index is 544. The number of carbonyl (C=O) groups is 2. The van der Waals surface area contributed by atoms with Gasteiger partial charge in [0.15, 0.2) is 5.69 Å². The van der Waals surface area contributed by atoms with E-state index in [4.69, 9.17) is 14.0 Å². The molecule has 0 spiro atoms. The van der Waals surface area contributed by atoms with Crippen LogP contribution in [0.4, 0.5) is 0 Å². The lowest BCUT2D eigenvalue weighted by molar-refractivity contribution is -0.131. The first-order chi connectivity index (χ1) is 10.5. The average Bonchev–Trinajstić information content (AvgIpc) is 2.84. The van der Waals surface area contributed by atoms with Crippen molar-refractivity contribution in [3.63, 3.8) is 0 Å². The molecule has 2 amide bonds. The second-order valence-corrected chi connectivity index (χ2v) is 5.34. The SMILES string of the molecule is CNC(=O)CC1(OC)COCCN(C(=O)c2cc(C)on2)C1. The molecule has 0 radical (unpaired) electrons. The fourth-order valence-electron chi connectivity index (χ4n) is 2.39. The lowest BCUT2D eigenvalue weighted by Crippen LogP contribution is -2.50. The zero-order chi connectivity index (χ0) is 16.2. The van der Waals surface area contributed by atoms with Crippen LogP contribution >= 0.6 is 0 Å². The van der Waals surface area contributed by atoms with Gasteiger partial charge in [0, 0.05) is 26.8 Å². The van der Waals surface area contributed by atoms with Gasteiger partial charge in [0.05, 0.1) is 26.2 Å². The van der Waals surface area contributed by atoms with Crippen LogP contribution in [-0.2, 0) is 14.3 Å². The van der Waals surface area contributed by atoms with Crippen LogP contribution in [0.25, 0.3) is 0 Å². The van der Waals surface area contributed by atoms with Crippen LogP contribution in [0.5, 0.6) is 0 Å². The van der Waals surface area contributed by atoms with Gasteiger partial charge in [-0.15, -0.1) is 0 Å². The van der Waals surface area contributed by atoms with Gasteiger partial charge in [0.1, 0.15) is 11.4 Å². The highest BCUT2D eigenvalue weighted by Gasteiger charge is 2.39. The van der Waals surface area contributed by atoms with Crippen molar-refractivity contribution >= 4 is 11.8 Å². The number of amides is 2. The van der Waals surface area contributed by atoms with E-state index in [1.54, 1.807) is 24.9 Å². The highest BCUT2D eigenvalue weighted by Crippen LogP contribution is 2.22. The number of aromatic nitrogens is 1. The second kappa shape index (κ2) is 6.89. The first-order valence-electron chi connectivity index (χ1n) is 7.06. The van der Waals surface area contributed by atoms with Crippen molar-refractivity contribution in [3.8, 4) is 0 Å². The van der Waals surface area contributed by atoms with Crippen molar-refractivity contribution in [2.45, 2.75) is 18.9 Å². The quantitative estimate of drug-likeness (QED) is 0.839. The molecule has 1 aromatic rings. The fraction of sp³-hybridized carbons (Fsp3) is 0.643. The maximum Gasteiger partial charge on any atom is 0.276 e. The standard InChI is InChI=1S/C14H21N3O5/c1-10-6-11(16-22-10)13(19)17-4-5-21-9-14(8-17,20-3)7-12(18)15-2/h6H,4-5,7-9H2,1-3H3,(H,15,18). The molecule has 0 bridgehead atoms. The summed E-state index contributed by atoms with van der Waals surface area (Å²) in [6, 6.07) is 1.58. The molecule has 1 aromatic heterocycles. The van der Waals surface area contributed by atoms with Crippen molar-refractivity contribution in [1.29, 1.82) is 0 Å². The van der Waals surface area contributed by atoms with Gasteiger partial charge >= 0.3 is 0 Å². The van der Waals surface area contributed by atoms with Crippen LogP contribution in [-0.4, -0.2) is 67.9 Å². The van der Waals surface area contributed by atoms with Gasteiger partial charge in [-0.05, 0) is 6.92 Å². The summed E-state index contributed by atoms with van der Waals surface area (Å²) in [5.41, 5.74) is -0.630.